The van der Waals surface area contributed by atoms with Crippen LogP contribution in [-0.4, -0.2) is 19.3 Å². The van der Waals surface area contributed by atoms with Crippen LogP contribution in [0.2, 0.25) is 0 Å². The van der Waals surface area contributed by atoms with Crippen LogP contribution in [0.25, 0.3) is 0 Å². The number of amides is 1. The van der Waals surface area contributed by atoms with E-state index in [1.165, 1.54) is 23.5 Å². The average Bonchev–Trinajstić information content (AvgIpc) is 3.18. The van der Waals surface area contributed by atoms with Gasteiger partial charge in [0.15, 0.2) is 5.13 Å². The molecule has 0 aliphatic carbocycles. The quantitative estimate of drug-likeness (QED) is 0.689. The van der Waals surface area contributed by atoms with Crippen molar-refractivity contribution in [1.29, 1.82) is 0 Å². The molecule has 0 bridgehead atoms. The Morgan fingerprint density at radius 3 is 2.60 bits per heavy atom. The van der Waals surface area contributed by atoms with Crippen molar-refractivity contribution < 1.29 is 13.2 Å². The Morgan fingerprint density at radius 2 is 1.96 bits per heavy atom. The number of thiazole rings is 1. The summed E-state index contributed by atoms with van der Waals surface area (Å²) in [5.41, 5.74) is 1.54. The topological polar surface area (TPSA) is 88.2 Å². The van der Waals surface area contributed by atoms with Gasteiger partial charge in [-0.25, -0.2) is 13.4 Å². The Bertz CT molecular complexity index is 989. The van der Waals surface area contributed by atoms with Gasteiger partial charge in [0, 0.05) is 16.1 Å². The maximum absolute atomic E-state index is 12.4. The van der Waals surface area contributed by atoms with Crippen molar-refractivity contribution in [3.63, 3.8) is 0 Å². The van der Waals surface area contributed by atoms with Gasteiger partial charge in [0.05, 0.1) is 5.69 Å². The Morgan fingerprint density at radius 1 is 1.16 bits per heavy atom. The molecule has 0 radical (unpaired) electrons. The van der Waals surface area contributed by atoms with E-state index >= 15 is 0 Å². The van der Waals surface area contributed by atoms with Gasteiger partial charge in [0.1, 0.15) is 4.21 Å². The first-order valence-electron chi connectivity index (χ1n) is 7.27. The minimum absolute atomic E-state index is 0.219. The first-order chi connectivity index (χ1) is 11.8. The summed E-state index contributed by atoms with van der Waals surface area (Å²) >= 11 is 2.53. The highest BCUT2D eigenvalue weighted by molar-refractivity contribution is 7.94. The highest BCUT2D eigenvalue weighted by Crippen LogP contribution is 2.23. The van der Waals surface area contributed by atoms with Crippen LogP contribution in [0.4, 0.5) is 10.8 Å². The zero-order valence-corrected chi connectivity index (χ0v) is 15.9. The molecule has 6 nitrogen and oxygen atoms in total. The molecule has 3 rings (SSSR count). The van der Waals surface area contributed by atoms with E-state index in [0.717, 1.165) is 21.9 Å². The zero-order valence-electron chi connectivity index (χ0n) is 13.4. The maximum Gasteiger partial charge on any atom is 0.271 e. The van der Waals surface area contributed by atoms with Gasteiger partial charge >= 0.3 is 0 Å². The average molecular weight is 394 g/mol. The Hall–Kier alpha value is -2.23. The standard InChI is InChI=1S/C16H15N3O3S3/c1-10-11(2)24-16(17-10)18-15(20)12-5-3-6-13(9-12)19-25(21,22)14-7-4-8-23-14/h3-9,19H,1-2H3,(H,17,18,20). The van der Waals surface area contributed by atoms with Crippen molar-refractivity contribution in [3.05, 3.63) is 57.9 Å². The fraction of sp³-hybridized carbons (Fsp3) is 0.125. The molecule has 25 heavy (non-hydrogen) atoms. The number of carbonyl (C=O) groups is 1. The van der Waals surface area contributed by atoms with E-state index in [-0.39, 0.29) is 10.1 Å². The summed E-state index contributed by atoms with van der Waals surface area (Å²) in [5, 5.41) is 4.94. The number of hydrogen-bond donors (Lipinski definition) is 2. The minimum Gasteiger partial charge on any atom is -0.298 e. The van der Waals surface area contributed by atoms with Gasteiger partial charge in [0.25, 0.3) is 15.9 Å². The predicted molar refractivity (Wildman–Crippen MR) is 101 cm³/mol. The molecular formula is C16H15N3O3S3. The van der Waals surface area contributed by atoms with Gasteiger partial charge in [-0.2, -0.15) is 0 Å². The summed E-state index contributed by atoms with van der Waals surface area (Å²) in [7, 11) is -3.65. The lowest BCUT2D eigenvalue weighted by Gasteiger charge is -2.08. The number of nitrogens with zero attached hydrogens (tertiary/aromatic N) is 1. The van der Waals surface area contributed by atoms with Gasteiger partial charge in [0.2, 0.25) is 0 Å². The zero-order chi connectivity index (χ0) is 18.0. The van der Waals surface area contributed by atoms with Crippen LogP contribution in [0.3, 0.4) is 0 Å². The van der Waals surface area contributed by atoms with Crippen LogP contribution >= 0.6 is 22.7 Å². The van der Waals surface area contributed by atoms with E-state index in [2.05, 4.69) is 15.0 Å². The summed E-state index contributed by atoms with van der Waals surface area (Å²) in [6, 6.07) is 9.52. The molecule has 0 unspecified atom stereocenters. The molecule has 0 fully saturated rings. The Kier molecular flexibility index (Phi) is 4.89. The second-order valence-electron chi connectivity index (χ2n) is 5.23. The van der Waals surface area contributed by atoms with Crippen LogP contribution in [0.5, 0.6) is 0 Å². The molecule has 130 valence electrons. The molecule has 0 aliphatic heterocycles. The highest BCUT2D eigenvalue weighted by atomic mass is 32.2. The summed E-state index contributed by atoms with van der Waals surface area (Å²) in [6.07, 6.45) is 0. The molecule has 1 amide bonds. The van der Waals surface area contributed by atoms with Gasteiger partial charge in [-0.05, 0) is 43.5 Å². The van der Waals surface area contributed by atoms with Crippen LogP contribution in [-0.2, 0) is 10.0 Å². The van der Waals surface area contributed by atoms with Gasteiger partial charge in [-0.3, -0.25) is 14.8 Å². The number of aryl methyl sites for hydroxylation is 2. The molecule has 2 N–H and O–H groups in total. The van der Waals surface area contributed by atoms with E-state index in [1.54, 1.807) is 29.6 Å². The summed E-state index contributed by atoms with van der Waals surface area (Å²) in [5.74, 6) is -0.342. The molecule has 1 aromatic carbocycles. The number of aromatic nitrogens is 1. The van der Waals surface area contributed by atoms with E-state index in [9.17, 15) is 13.2 Å². The second kappa shape index (κ2) is 6.95. The molecule has 9 heteroatoms. The predicted octanol–water partition coefficient (Wildman–Crippen LogP) is 3.87. The van der Waals surface area contributed by atoms with Crippen molar-refractivity contribution in [2.75, 3.05) is 10.0 Å². The second-order valence-corrected chi connectivity index (χ2v) is 9.29. The van der Waals surface area contributed by atoms with Crippen LogP contribution in [0.1, 0.15) is 20.9 Å². The first kappa shape index (κ1) is 17.6. The highest BCUT2D eigenvalue weighted by Gasteiger charge is 2.16. The van der Waals surface area contributed by atoms with E-state index < -0.39 is 10.0 Å². The SMILES string of the molecule is Cc1nc(NC(=O)c2cccc(NS(=O)(=O)c3cccs3)c2)sc1C. The maximum atomic E-state index is 12.4. The van der Waals surface area contributed by atoms with Crippen molar-refractivity contribution in [2.24, 2.45) is 0 Å². The third-order valence-electron chi connectivity index (χ3n) is 3.39. The summed E-state index contributed by atoms with van der Waals surface area (Å²) in [4.78, 5) is 17.7. The molecule has 2 aromatic heterocycles. The van der Waals surface area contributed by atoms with E-state index in [0.29, 0.717) is 16.4 Å². The van der Waals surface area contributed by atoms with Crippen LogP contribution < -0.4 is 10.0 Å². The van der Waals surface area contributed by atoms with Crippen molar-refractivity contribution in [2.45, 2.75) is 18.1 Å². The monoisotopic (exact) mass is 393 g/mol. The van der Waals surface area contributed by atoms with Gasteiger partial charge < -0.3 is 0 Å². The lowest BCUT2D eigenvalue weighted by atomic mass is 10.2. The number of sulfonamides is 1. The fourth-order valence-corrected chi connectivity index (χ4v) is 4.89. The molecule has 0 saturated heterocycles. The number of benzene rings is 1. The first-order valence-corrected chi connectivity index (χ1v) is 10.4. The Labute approximate surface area is 153 Å². The number of nitrogens with one attached hydrogen (secondary N) is 2. The normalized spacial score (nSPS) is 11.3. The van der Waals surface area contributed by atoms with Crippen LogP contribution in [0, 0.1) is 13.8 Å². The molecule has 0 atom stereocenters. The third kappa shape index (κ3) is 4.06. The number of thiophene rings is 1. The molecule has 0 saturated carbocycles. The lowest BCUT2D eigenvalue weighted by molar-refractivity contribution is 0.102. The minimum atomic E-state index is -3.65. The number of rotatable bonds is 5. The van der Waals surface area contributed by atoms with Gasteiger partial charge in [-0.15, -0.1) is 22.7 Å². The summed E-state index contributed by atoms with van der Waals surface area (Å²) in [6.45, 7) is 3.81. The van der Waals surface area contributed by atoms with Crippen LogP contribution in [0.15, 0.2) is 46.0 Å². The van der Waals surface area contributed by atoms with Crippen molar-refractivity contribution in [1.82, 2.24) is 4.98 Å². The number of anilines is 2. The molecule has 2 heterocycles. The molecule has 3 aromatic rings. The molecule has 0 spiro atoms. The van der Waals surface area contributed by atoms with E-state index in [1.807, 2.05) is 13.8 Å². The third-order valence-corrected chi connectivity index (χ3v) is 7.15. The lowest BCUT2D eigenvalue weighted by Crippen LogP contribution is -2.14. The number of hydrogen-bond acceptors (Lipinski definition) is 6. The fourth-order valence-electron chi connectivity index (χ4n) is 2.04. The molecule has 0 aliphatic rings. The number of carbonyl (C=O) groups excluding carboxylic acids is 1. The summed E-state index contributed by atoms with van der Waals surface area (Å²) < 4.78 is 27.2. The Balaban J connectivity index is 1.78. The molecular weight excluding hydrogens is 378 g/mol. The smallest absolute Gasteiger partial charge is 0.271 e. The van der Waals surface area contributed by atoms with Gasteiger partial charge in [-0.1, -0.05) is 12.1 Å². The van der Waals surface area contributed by atoms with Crippen molar-refractivity contribution >= 4 is 49.4 Å². The van der Waals surface area contributed by atoms with E-state index in [4.69, 9.17) is 0 Å². The largest absolute Gasteiger partial charge is 0.298 e. The van der Waals surface area contributed by atoms with Crippen molar-refractivity contribution in [3.8, 4) is 0 Å².